The van der Waals surface area contributed by atoms with Crippen molar-refractivity contribution in [1.82, 2.24) is 10.1 Å². The maximum absolute atomic E-state index is 12.4. The van der Waals surface area contributed by atoms with Crippen LogP contribution >= 0.6 is 0 Å². The normalized spacial score (nSPS) is 16.2. The number of fused-ring (bicyclic) bond motifs is 1. The van der Waals surface area contributed by atoms with E-state index in [2.05, 4.69) is 15.5 Å². The predicted molar refractivity (Wildman–Crippen MR) is 110 cm³/mol. The van der Waals surface area contributed by atoms with Crippen LogP contribution in [0.4, 0.5) is 5.69 Å². The third kappa shape index (κ3) is 3.75. The van der Waals surface area contributed by atoms with E-state index in [0.717, 1.165) is 37.0 Å². The highest BCUT2D eigenvalue weighted by atomic mass is 16.7. The van der Waals surface area contributed by atoms with E-state index in [0.29, 0.717) is 29.6 Å². The van der Waals surface area contributed by atoms with Crippen LogP contribution in [-0.4, -0.2) is 21.8 Å². The highest BCUT2D eigenvalue weighted by molar-refractivity contribution is 5.91. The number of amides is 1. The molecule has 2 aliphatic rings. The van der Waals surface area contributed by atoms with Crippen LogP contribution in [0.2, 0.25) is 0 Å². The number of hydrogen-bond donors (Lipinski definition) is 1. The first-order chi connectivity index (χ1) is 14.6. The molecular formula is C23H23N3O4. The fraction of sp³-hybridized carbons (Fsp3) is 0.348. The van der Waals surface area contributed by atoms with Crippen molar-refractivity contribution in [2.75, 3.05) is 5.32 Å². The van der Waals surface area contributed by atoms with E-state index in [-0.39, 0.29) is 12.3 Å². The highest BCUT2D eigenvalue weighted by Crippen LogP contribution is 2.47. The molecule has 0 radical (unpaired) electrons. The fourth-order valence-corrected chi connectivity index (χ4v) is 3.91. The summed E-state index contributed by atoms with van der Waals surface area (Å²) in [7, 11) is 0. The largest absolute Gasteiger partial charge is 0.448 e. The minimum atomic E-state index is -0.502. The average molecular weight is 405 g/mol. The zero-order valence-corrected chi connectivity index (χ0v) is 16.8. The summed E-state index contributed by atoms with van der Waals surface area (Å²) >= 11 is 0. The summed E-state index contributed by atoms with van der Waals surface area (Å²) in [5.74, 6) is 1.77. The fourth-order valence-electron chi connectivity index (χ4n) is 3.91. The quantitative estimate of drug-likeness (QED) is 0.664. The van der Waals surface area contributed by atoms with Crippen LogP contribution in [0, 0.1) is 6.92 Å². The highest BCUT2D eigenvalue weighted by Gasteiger charge is 2.44. The molecule has 1 aliphatic heterocycles. The molecule has 30 heavy (non-hydrogen) atoms. The van der Waals surface area contributed by atoms with Crippen molar-refractivity contribution in [2.24, 2.45) is 0 Å². The van der Waals surface area contributed by atoms with Gasteiger partial charge in [-0.05, 0) is 31.9 Å². The summed E-state index contributed by atoms with van der Waals surface area (Å²) in [5.41, 5.74) is 2.74. The lowest BCUT2D eigenvalue weighted by atomic mass is 10.1. The van der Waals surface area contributed by atoms with Gasteiger partial charge in [-0.1, -0.05) is 35.0 Å². The lowest BCUT2D eigenvalue weighted by molar-refractivity contribution is -0.116. The molecule has 1 aromatic heterocycles. The number of nitrogens with zero attached hydrogens (tertiary/aromatic N) is 2. The molecule has 5 rings (SSSR count). The lowest BCUT2D eigenvalue weighted by Crippen LogP contribution is -2.34. The van der Waals surface area contributed by atoms with Gasteiger partial charge in [0, 0.05) is 43.0 Å². The van der Waals surface area contributed by atoms with E-state index < -0.39 is 5.79 Å². The summed E-state index contributed by atoms with van der Waals surface area (Å²) in [5, 5.41) is 6.91. The summed E-state index contributed by atoms with van der Waals surface area (Å²) in [6, 6.07) is 13.4. The third-order valence-corrected chi connectivity index (χ3v) is 5.53. The number of nitrogens with one attached hydrogen (secondary N) is 1. The summed E-state index contributed by atoms with van der Waals surface area (Å²) < 4.78 is 17.3. The SMILES string of the molecule is Cc1ccc(-c2noc(CCC(=O)Nc3ccc4c(c3)OC3(CCCC3)O4)n2)cc1. The molecule has 0 bridgehead atoms. The Bertz CT molecular complexity index is 1070. The standard InChI is InChI=1S/C23H23N3O4/c1-15-4-6-16(7-5-15)22-25-21(30-26-22)11-10-20(27)24-17-8-9-18-19(14-17)29-23(28-18)12-2-3-13-23/h4-9,14H,2-3,10-13H2,1H3,(H,24,27). The second-order valence-corrected chi connectivity index (χ2v) is 7.91. The monoisotopic (exact) mass is 405 g/mol. The van der Waals surface area contributed by atoms with Crippen LogP contribution in [0.5, 0.6) is 11.5 Å². The van der Waals surface area contributed by atoms with Gasteiger partial charge in [0.25, 0.3) is 5.79 Å². The van der Waals surface area contributed by atoms with Crippen molar-refractivity contribution in [1.29, 1.82) is 0 Å². The van der Waals surface area contributed by atoms with E-state index in [1.54, 1.807) is 0 Å². The van der Waals surface area contributed by atoms with E-state index in [1.165, 1.54) is 5.56 Å². The first-order valence-electron chi connectivity index (χ1n) is 10.3. The topological polar surface area (TPSA) is 86.5 Å². The van der Waals surface area contributed by atoms with Gasteiger partial charge in [0.05, 0.1) is 0 Å². The Morgan fingerprint density at radius 2 is 1.83 bits per heavy atom. The van der Waals surface area contributed by atoms with Crippen LogP contribution in [0.25, 0.3) is 11.4 Å². The van der Waals surface area contributed by atoms with E-state index in [9.17, 15) is 4.79 Å². The number of benzene rings is 2. The van der Waals surface area contributed by atoms with Crippen molar-refractivity contribution in [3.63, 3.8) is 0 Å². The number of aryl methyl sites for hydroxylation is 2. The Kier molecular flexibility index (Phi) is 4.65. The van der Waals surface area contributed by atoms with Gasteiger partial charge in [0.2, 0.25) is 17.6 Å². The van der Waals surface area contributed by atoms with E-state index in [1.807, 2.05) is 49.4 Å². The zero-order valence-electron chi connectivity index (χ0n) is 16.8. The zero-order chi connectivity index (χ0) is 20.6. The predicted octanol–water partition coefficient (Wildman–Crippen LogP) is 4.66. The number of rotatable bonds is 5. The van der Waals surface area contributed by atoms with Crippen molar-refractivity contribution < 1.29 is 18.8 Å². The van der Waals surface area contributed by atoms with Crippen molar-refractivity contribution in [3.8, 4) is 22.9 Å². The first kappa shape index (κ1) is 18.7. The molecule has 1 amide bonds. The summed E-state index contributed by atoms with van der Waals surface area (Å²) in [6.45, 7) is 2.02. The molecule has 7 heteroatoms. The van der Waals surface area contributed by atoms with Gasteiger partial charge < -0.3 is 19.3 Å². The van der Waals surface area contributed by atoms with Gasteiger partial charge >= 0.3 is 0 Å². The van der Waals surface area contributed by atoms with Crippen molar-refractivity contribution >= 4 is 11.6 Å². The summed E-state index contributed by atoms with van der Waals surface area (Å²) in [6.07, 6.45) is 4.64. The smallest absolute Gasteiger partial charge is 0.251 e. The molecule has 3 aromatic rings. The van der Waals surface area contributed by atoms with Crippen LogP contribution < -0.4 is 14.8 Å². The van der Waals surface area contributed by atoms with E-state index >= 15 is 0 Å². The molecule has 1 aliphatic carbocycles. The Balaban J connectivity index is 1.17. The average Bonchev–Trinajstić information content (AvgIpc) is 3.47. The number of carbonyl (C=O) groups excluding carboxylic acids is 1. The van der Waals surface area contributed by atoms with Crippen molar-refractivity contribution in [2.45, 2.75) is 51.2 Å². The maximum Gasteiger partial charge on any atom is 0.251 e. The number of ether oxygens (including phenoxy) is 2. The third-order valence-electron chi connectivity index (χ3n) is 5.53. The van der Waals surface area contributed by atoms with Crippen molar-refractivity contribution in [3.05, 3.63) is 53.9 Å². The van der Waals surface area contributed by atoms with Gasteiger partial charge in [0.1, 0.15) is 0 Å². The van der Waals surface area contributed by atoms with Gasteiger partial charge in [-0.3, -0.25) is 4.79 Å². The molecule has 1 N–H and O–H groups in total. The molecule has 2 heterocycles. The van der Waals surface area contributed by atoms with Crippen LogP contribution in [0.15, 0.2) is 47.0 Å². The molecule has 154 valence electrons. The molecule has 0 atom stereocenters. The van der Waals surface area contributed by atoms with Crippen LogP contribution in [0.1, 0.15) is 43.6 Å². The lowest BCUT2D eigenvalue weighted by Gasteiger charge is -2.21. The number of aromatic nitrogens is 2. The molecular weight excluding hydrogens is 382 g/mol. The second-order valence-electron chi connectivity index (χ2n) is 7.91. The minimum Gasteiger partial charge on any atom is -0.448 e. The molecule has 0 unspecified atom stereocenters. The van der Waals surface area contributed by atoms with Gasteiger partial charge in [-0.2, -0.15) is 4.98 Å². The second kappa shape index (κ2) is 7.48. The molecule has 2 aromatic carbocycles. The van der Waals surface area contributed by atoms with Gasteiger partial charge in [-0.15, -0.1) is 0 Å². The van der Waals surface area contributed by atoms with Gasteiger partial charge in [0.15, 0.2) is 11.5 Å². The minimum absolute atomic E-state index is 0.125. The maximum atomic E-state index is 12.4. The molecule has 1 spiro atoms. The molecule has 0 saturated heterocycles. The van der Waals surface area contributed by atoms with Gasteiger partial charge in [-0.25, -0.2) is 0 Å². The summed E-state index contributed by atoms with van der Waals surface area (Å²) in [4.78, 5) is 16.8. The Morgan fingerprint density at radius 1 is 1.07 bits per heavy atom. The first-order valence-corrected chi connectivity index (χ1v) is 10.3. The number of carbonyl (C=O) groups is 1. The Labute approximate surface area is 174 Å². The van der Waals surface area contributed by atoms with E-state index in [4.69, 9.17) is 14.0 Å². The number of hydrogen-bond acceptors (Lipinski definition) is 6. The Hall–Kier alpha value is -3.35. The molecule has 1 saturated carbocycles. The Morgan fingerprint density at radius 3 is 2.63 bits per heavy atom. The van der Waals surface area contributed by atoms with Crippen LogP contribution in [0.3, 0.4) is 0 Å². The molecule has 7 nitrogen and oxygen atoms in total. The molecule has 1 fully saturated rings. The number of anilines is 1. The van der Waals surface area contributed by atoms with Crippen LogP contribution in [-0.2, 0) is 11.2 Å².